The number of hydrogen-bond donors (Lipinski definition) is 0. The normalized spacial score (nSPS) is 0. The van der Waals surface area contributed by atoms with Crippen LogP contribution in [-0.4, -0.2) is 0 Å². The average Bonchev–Trinajstić information content (AvgIpc) is 0. The Balaban J connectivity index is 0. The van der Waals surface area contributed by atoms with Crippen molar-refractivity contribution in [3.63, 3.8) is 0 Å². The first-order chi connectivity index (χ1) is 0. The van der Waals surface area contributed by atoms with Crippen LogP contribution in [0, 0.1) is 0 Å². The van der Waals surface area contributed by atoms with E-state index in [4.69, 9.17) is 0 Å². The summed E-state index contributed by atoms with van der Waals surface area (Å²) in [6, 6.07) is 0. The average molecular weight is 381 g/mol. The van der Waals surface area contributed by atoms with E-state index in [9.17, 15) is 0 Å². The van der Waals surface area contributed by atoms with Crippen molar-refractivity contribution >= 4 is 0 Å². The maximum absolute atomic E-state index is 0. The molecule has 0 fully saturated rings. The Bertz CT molecular complexity index is 6.00. The molecule has 0 aliphatic rings. The van der Waals surface area contributed by atoms with Crippen molar-refractivity contribution in [2.45, 2.75) is 0 Å². The second kappa shape index (κ2) is 62.6. The summed E-state index contributed by atoms with van der Waals surface area (Å²) in [6.07, 6.45) is 0. The fourth-order valence-electron chi connectivity index (χ4n) is 0. The number of hydrogen-bond acceptors (Lipinski definition) is 0. The van der Waals surface area contributed by atoms with Crippen LogP contribution in [0.25, 0.3) is 0 Å². The van der Waals surface area contributed by atoms with Crippen molar-refractivity contribution in [3.8, 4) is 0 Å². The number of halogens is 3. The maximum Gasteiger partial charge on any atom is 1.00 e. The quantitative estimate of drug-likeness (QED) is 0.366. The fourth-order valence-corrected chi connectivity index (χ4v) is 0. The molecule has 0 heterocycles. The molecule has 0 saturated heterocycles. The van der Waals surface area contributed by atoms with E-state index in [1.165, 1.54) is 0 Å². The van der Waals surface area contributed by atoms with E-state index in [0.717, 1.165) is 0 Å². The summed E-state index contributed by atoms with van der Waals surface area (Å²) in [6.45, 7) is 0. The third-order valence-corrected chi connectivity index (χ3v) is 0. The Labute approximate surface area is 80.5 Å². The molecule has 0 radical (unpaired) electrons. The van der Waals surface area contributed by atoms with Gasteiger partial charge in [-0.05, 0) is 0 Å². The van der Waals surface area contributed by atoms with Gasteiger partial charge >= 0.3 is 67.1 Å². The van der Waals surface area contributed by atoms with Crippen molar-refractivity contribution in [1.82, 2.24) is 0 Å². The fraction of sp³-hybridized carbons (Fsp3) is 0. The van der Waals surface area contributed by atoms with E-state index in [2.05, 4.69) is 0 Å². The second-order valence-electron chi connectivity index (χ2n) is 0. The monoisotopic (exact) mass is 378 g/mol. The smallest absolute Gasteiger partial charge is 1.00 e. The van der Waals surface area contributed by atoms with Crippen LogP contribution >= 0.6 is 0 Å². The summed E-state index contributed by atoms with van der Waals surface area (Å²) in [7, 11) is 0. The Morgan fingerprint density at radius 1 is 0.333 bits per heavy atom. The Morgan fingerprint density at radius 2 is 0.333 bits per heavy atom. The summed E-state index contributed by atoms with van der Waals surface area (Å²) in [5.74, 6) is 0. The van der Waals surface area contributed by atoms with Crippen LogP contribution in [-0.2, 0) is 67.1 Å². The van der Waals surface area contributed by atoms with Gasteiger partial charge in [-0.1, -0.05) is 0 Å². The Morgan fingerprint density at radius 3 is 0.333 bits per heavy atom. The molecule has 0 N–H and O–H groups in total. The van der Waals surface area contributed by atoms with Crippen LogP contribution in [0.5, 0.6) is 0 Å². The molecule has 54 valence electrons. The van der Waals surface area contributed by atoms with Crippen molar-refractivity contribution in [1.29, 1.82) is 0 Å². The molecule has 0 saturated carbocycles. The van der Waals surface area contributed by atoms with Gasteiger partial charge in [-0.3, -0.25) is 0 Å². The molecule has 0 unspecified atom stereocenters. The zero-order valence-electron chi connectivity index (χ0n) is 2.04. The van der Waals surface area contributed by atoms with Gasteiger partial charge < -0.3 is 14.1 Å². The first-order valence-corrected chi connectivity index (χ1v) is 0. The van der Waals surface area contributed by atoms with Crippen LogP contribution in [0.2, 0.25) is 0 Å². The molecule has 0 aromatic rings. The van der Waals surface area contributed by atoms with Crippen molar-refractivity contribution in [2.75, 3.05) is 0 Å². The molecule has 0 amide bonds. The topological polar surface area (TPSA) is 0 Å². The van der Waals surface area contributed by atoms with Crippen molar-refractivity contribution in [2.24, 2.45) is 0 Å². The molecule has 0 aliphatic carbocycles. The summed E-state index contributed by atoms with van der Waals surface area (Å²) in [4.78, 5) is 0. The Hall–Kier alpha value is 2.01. The van der Waals surface area contributed by atoms with Crippen LogP contribution in [0.1, 0.15) is 0 Å². The third kappa shape index (κ3) is 37.3. The molecule has 0 aromatic heterocycles. The van der Waals surface area contributed by atoms with Crippen LogP contribution in [0.4, 0.5) is 0 Å². The molecule has 6 heavy (non-hydrogen) atoms. The van der Waals surface area contributed by atoms with Gasteiger partial charge in [0, 0.05) is 0 Å². The van der Waals surface area contributed by atoms with E-state index < -0.39 is 0 Å². The second-order valence-corrected chi connectivity index (χ2v) is 0. The summed E-state index contributed by atoms with van der Waals surface area (Å²) < 4.78 is 0. The van der Waals surface area contributed by atoms with E-state index in [-0.39, 0.29) is 81.3 Å². The molecule has 0 aromatic carbocycles. The van der Waals surface area contributed by atoms with Crippen LogP contribution in [0.3, 0.4) is 0 Å². The van der Waals surface area contributed by atoms with E-state index in [1.807, 2.05) is 0 Å². The molecular formula is Ag3F3. The largest absolute Gasteiger partial charge is 1.00 e. The van der Waals surface area contributed by atoms with Gasteiger partial charge in [-0.15, -0.1) is 0 Å². The van der Waals surface area contributed by atoms with Gasteiger partial charge in [0.25, 0.3) is 0 Å². The summed E-state index contributed by atoms with van der Waals surface area (Å²) in [5, 5.41) is 0. The van der Waals surface area contributed by atoms with Crippen molar-refractivity contribution in [3.05, 3.63) is 0 Å². The van der Waals surface area contributed by atoms with Crippen molar-refractivity contribution < 1.29 is 81.3 Å². The first-order valence-electron chi connectivity index (χ1n) is 0. The minimum Gasteiger partial charge on any atom is -1.00 e. The summed E-state index contributed by atoms with van der Waals surface area (Å²) in [5.41, 5.74) is 0. The van der Waals surface area contributed by atoms with Gasteiger partial charge in [0.05, 0.1) is 0 Å². The van der Waals surface area contributed by atoms with E-state index in [0.29, 0.717) is 0 Å². The molecule has 0 bridgehead atoms. The van der Waals surface area contributed by atoms with Gasteiger partial charge in [0.15, 0.2) is 0 Å². The predicted molar refractivity (Wildman–Crippen MR) is 0 cm³/mol. The van der Waals surface area contributed by atoms with E-state index >= 15 is 0 Å². The minimum absolute atomic E-state index is 0. The molecule has 0 aliphatic heterocycles. The van der Waals surface area contributed by atoms with Gasteiger partial charge in [-0.25, -0.2) is 0 Å². The zero-order valence-corrected chi connectivity index (χ0v) is 6.49. The molecule has 6 heteroatoms. The molecule has 0 atom stereocenters. The predicted octanol–water partition coefficient (Wildman–Crippen LogP) is -9.00. The maximum atomic E-state index is 0. The van der Waals surface area contributed by atoms with E-state index in [1.54, 1.807) is 0 Å². The minimum atomic E-state index is 0. The first kappa shape index (κ1) is 97.4. The zero-order chi connectivity index (χ0) is 0. The molecule has 0 spiro atoms. The SMILES string of the molecule is [Ag+].[Ag+].[Ag+].[F-].[F-].[F-]. The van der Waals surface area contributed by atoms with Gasteiger partial charge in [0.2, 0.25) is 0 Å². The molecular weight excluding hydrogens is 381 g/mol. The molecule has 0 rings (SSSR count). The summed E-state index contributed by atoms with van der Waals surface area (Å²) >= 11 is 0. The molecule has 0 nitrogen and oxygen atoms in total. The third-order valence-electron chi connectivity index (χ3n) is 0. The van der Waals surface area contributed by atoms with Crippen LogP contribution < -0.4 is 14.1 Å². The Kier molecular flexibility index (Phi) is 1020. The van der Waals surface area contributed by atoms with Gasteiger partial charge in [0.1, 0.15) is 0 Å². The van der Waals surface area contributed by atoms with Gasteiger partial charge in [-0.2, -0.15) is 0 Å². The number of rotatable bonds is 0. The van der Waals surface area contributed by atoms with Crippen LogP contribution in [0.15, 0.2) is 0 Å². The standard InChI is InChI=1S/3Ag.3FH/h;;;3*1H/q3*+1;;;/p-3.